The number of aliphatic imine (C=N–C) groups is 1. The zero-order valence-electron chi connectivity index (χ0n) is 17.9. The van der Waals surface area contributed by atoms with Crippen LogP contribution < -0.4 is 56.5 Å². The molecule has 0 aromatic heterocycles. The number of hydrogen-bond donors (Lipinski definition) is 1. The minimum atomic E-state index is -1.04. The molecule has 28 heavy (non-hydrogen) atoms. The summed E-state index contributed by atoms with van der Waals surface area (Å²) in [5, 5.41) is 21.3. The number of aliphatic carboxylic acids is 1. The van der Waals surface area contributed by atoms with Crippen molar-refractivity contribution in [3.63, 3.8) is 0 Å². The molecule has 0 saturated carbocycles. The van der Waals surface area contributed by atoms with Crippen LogP contribution in [0.4, 0.5) is 0 Å². The standard InChI is InChI=1S/C23H37NO3.K/c1-2-3-4-5-6-7-8-9-10-11-15-18-22(25)24-21(23(26)27)19-20-16-13-12-14-17-20;/h12-14,16-17,21H,2-11,15,18-19H2,1H3,(H,24,25)(H,26,27);/q;+1/p-1/t21-;/m0./s1. The molecule has 0 aliphatic rings. The maximum absolute atomic E-state index is 12.0. The molecular weight excluding hydrogens is 377 g/mol. The molecule has 1 atom stereocenters. The Labute approximate surface area is 213 Å². The SMILES string of the molecule is CCCCCCCCCCCCCC([O-])=N[C@@H](Cc1ccccc1)C(=O)O.[K+]. The maximum atomic E-state index is 12.0. The first-order valence-corrected chi connectivity index (χ1v) is 10.6. The molecular formula is C23H36KNO3. The molecule has 0 aliphatic heterocycles. The molecule has 0 aliphatic carbocycles. The summed E-state index contributed by atoms with van der Waals surface area (Å²) in [6.07, 6.45) is 14.1. The van der Waals surface area contributed by atoms with Crippen LogP contribution in [0.2, 0.25) is 0 Å². The number of carboxylic acid groups (broad SMARTS) is 1. The van der Waals surface area contributed by atoms with E-state index in [0.29, 0.717) is 6.42 Å². The molecule has 0 fully saturated rings. The summed E-state index contributed by atoms with van der Waals surface area (Å²) in [6.45, 7) is 2.24. The molecule has 0 radical (unpaired) electrons. The van der Waals surface area contributed by atoms with Crippen LogP contribution >= 0.6 is 0 Å². The van der Waals surface area contributed by atoms with Gasteiger partial charge in [0.15, 0.2) is 0 Å². The Morgan fingerprint density at radius 3 is 1.93 bits per heavy atom. The molecule has 0 heterocycles. The average molecular weight is 414 g/mol. The molecule has 1 aromatic rings. The second-order valence-electron chi connectivity index (χ2n) is 7.35. The number of hydrogen-bond acceptors (Lipinski definition) is 3. The third-order valence-corrected chi connectivity index (χ3v) is 4.85. The molecule has 1 aromatic carbocycles. The Hall–Kier alpha value is -0.204. The number of carbonyl (C=O) groups is 1. The van der Waals surface area contributed by atoms with Crippen LogP contribution in [-0.2, 0) is 11.2 Å². The molecule has 0 bridgehead atoms. The quantitative estimate of drug-likeness (QED) is 0.195. The molecule has 5 heteroatoms. The zero-order valence-corrected chi connectivity index (χ0v) is 21.0. The van der Waals surface area contributed by atoms with Gasteiger partial charge in [-0.3, -0.25) is 4.99 Å². The predicted octanol–water partition coefficient (Wildman–Crippen LogP) is 2.15. The van der Waals surface area contributed by atoms with Gasteiger partial charge in [-0.25, -0.2) is 4.79 Å². The van der Waals surface area contributed by atoms with Crippen LogP contribution in [0, 0.1) is 0 Å². The van der Waals surface area contributed by atoms with Crippen LogP contribution in [0.25, 0.3) is 0 Å². The van der Waals surface area contributed by atoms with E-state index in [1.807, 2.05) is 30.3 Å². The van der Waals surface area contributed by atoms with E-state index in [1.54, 1.807) is 0 Å². The molecule has 4 nitrogen and oxygen atoms in total. The van der Waals surface area contributed by atoms with Gasteiger partial charge < -0.3 is 10.2 Å². The second-order valence-corrected chi connectivity index (χ2v) is 7.35. The number of rotatable bonds is 16. The summed E-state index contributed by atoms with van der Waals surface area (Å²) in [4.78, 5) is 15.3. The molecule has 1 rings (SSSR count). The van der Waals surface area contributed by atoms with Gasteiger partial charge in [0.05, 0.1) is 0 Å². The van der Waals surface area contributed by atoms with E-state index in [2.05, 4.69) is 11.9 Å². The van der Waals surface area contributed by atoms with Crippen molar-refractivity contribution in [1.29, 1.82) is 0 Å². The molecule has 0 spiro atoms. The van der Waals surface area contributed by atoms with Gasteiger partial charge in [-0.15, -0.1) is 0 Å². The van der Waals surface area contributed by atoms with Crippen molar-refractivity contribution in [3.8, 4) is 0 Å². The Morgan fingerprint density at radius 2 is 1.43 bits per heavy atom. The summed E-state index contributed by atoms with van der Waals surface area (Å²) < 4.78 is 0. The van der Waals surface area contributed by atoms with E-state index in [9.17, 15) is 15.0 Å². The van der Waals surface area contributed by atoms with Gasteiger partial charge in [-0.1, -0.05) is 101 Å². The Balaban J connectivity index is 0.00000729. The molecule has 0 amide bonds. The van der Waals surface area contributed by atoms with E-state index in [4.69, 9.17) is 0 Å². The maximum Gasteiger partial charge on any atom is 1.00 e. The van der Waals surface area contributed by atoms with Crippen molar-refractivity contribution in [1.82, 2.24) is 0 Å². The smallest absolute Gasteiger partial charge is 0.862 e. The third kappa shape index (κ3) is 14.7. The van der Waals surface area contributed by atoms with E-state index < -0.39 is 12.0 Å². The number of benzene rings is 1. The van der Waals surface area contributed by atoms with Crippen molar-refractivity contribution in [3.05, 3.63) is 35.9 Å². The van der Waals surface area contributed by atoms with Crippen molar-refractivity contribution in [2.45, 2.75) is 96.4 Å². The third-order valence-electron chi connectivity index (χ3n) is 4.85. The summed E-state index contributed by atoms with van der Waals surface area (Å²) >= 11 is 0. The van der Waals surface area contributed by atoms with Crippen LogP contribution in [-0.4, -0.2) is 23.0 Å². The molecule has 1 N–H and O–H groups in total. The summed E-state index contributed by atoms with van der Waals surface area (Å²) in [6, 6.07) is 8.35. The van der Waals surface area contributed by atoms with Gasteiger partial charge in [-0.2, -0.15) is 0 Å². The van der Waals surface area contributed by atoms with Gasteiger partial charge in [0.1, 0.15) is 6.04 Å². The van der Waals surface area contributed by atoms with Gasteiger partial charge in [0, 0.05) is 6.42 Å². The topological polar surface area (TPSA) is 72.7 Å². The normalized spacial score (nSPS) is 12.4. The van der Waals surface area contributed by atoms with E-state index in [0.717, 1.165) is 24.8 Å². The van der Waals surface area contributed by atoms with Crippen LogP contribution in [0.1, 0.15) is 89.5 Å². The van der Waals surface area contributed by atoms with Crippen LogP contribution in [0.3, 0.4) is 0 Å². The first-order chi connectivity index (χ1) is 13.1. The van der Waals surface area contributed by atoms with Gasteiger partial charge in [0.25, 0.3) is 0 Å². The van der Waals surface area contributed by atoms with Gasteiger partial charge in [-0.05, 0) is 24.3 Å². The summed E-state index contributed by atoms with van der Waals surface area (Å²) in [5.41, 5.74) is 0.885. The number of carboxylic acids is 1. The largest absolute Gasteiger partial charge is 1.00 e. The van der Waals surface area contributed by atoms with Crippen molar-refractivity contribution >= 4 is 11.9 Å². The fourth-order valence-corrected chi connectivity index (χ4v) is 3.20. The predicted molar refractivity (Wildman–Crippen MR) is 110 cm³/mol. The monoisotopic (exact) mass is 413 g/mol. The summed E-state index contributed by atoms with van der Waals surface area (Å²) in [7, 11) is 0. The van der Waals surface area contributed by atoms with Gasteiger partial charge >= 0.3 is 57.4 Å². The minimum absolute atomic E-state index is 0. The van der Waals surface area contributed by atoms with Crippen molar-refractivity contribution in [2.75, 3.05) is 0 Å². The molecule has 0 saturated heterocycles. The van der Waals surface area contributed by atoms with E-state index in [1.165, 1.54) is 51.4 Å². The van der Waals surface area contributed by atoms with Crippen LogP contribution in [0.15, 0.2) is 35.3 Å². The fraction of sp³-hybridized carbons (Fsp3) is 0.652. The molecule has 0 unspecified atom stereocenters. The van der Waals surface area contributed by atoms with E-state index >= 15 is 0 Å². The Morgan fingerprint density at radius 1 is 0.929 bits per heavy atom. The second kappa shape index (κ2) is 18.8. The minimum Gasteiger partial charge on any atom is -0.862 e. The average Bonchev–Trinajstić information content (AvgIpc) is 2.66. The first kappa shape index (κ1) is 27.8. The Bertz CT molecular complexity index is 534. The Kier molecular flexibility index (Phi) is 18.7. The number of unbranched alkanes of at least 4 members (excludes halogenated alkanes) is 10. The fourth-order valence-electron chi connectivity index (χ4n) is 3.20. The van der Waals surface area contributed by atoms with Crippen molar-refractivity contribution < 1.29 is 66.4 Å². The van der Waals surface area contributed by atoms with Gasteiger partial charge in [0.2, 0.25) is 0 Å². The van der Waals surface area contributed by atoms with Crippen molar-refractivity contribution in [2.24, 2.45) is 4.99 Å². The first-order valence-electron chi connectivity index (χ1n) is 10.6. The molecule has 152 valence electrons. The zero-order chi connectivity index (χ0) is 19.7. The van der Waals surface area contributed by atoms with E-state index in [-0.39, 0.29) is 63.7 Å². The van der Waals surface area contributed by atoms with Crippen LogP contribution in [0.5, 0.6) is 0 Å². The number of nitrogens with zero attached hydrogens (tertiary/aromatic N) is 1. The summed E-state index contributed by atoms with van der Waals surface area (Å²) in [5.74, 6) is -1.32.